The third-order valence-corrected chi connectivity index (χ3v) is 6.07. The monoisotopic (exact) mass is 425 g/mol. The second-order valence-electron chi connectivity index (χ2n) is 7.99. The average molecular weight is 425 g/mol. The number of benzene rings is 2. The number of aryl methyl sites for hydroxylation is 1. The summed E-state index contributed by atoms with van der Waals surface area (Å²) in [7, 11) is 7.77. The molecule has 8 heteroatoms. The van der Waals surface area contributed by atoms with Crippen molar-refractivity contribution in [2.24, 2.45) is 10.7 Å². The van der Waals surface area contributed by atoms with Crippen LogP contribution in [-0.4, -0.2) is 32.4 Å². The number of allylic oxidation sites excluding steroid dienone is 1. The number of guanidine groups is 1. The molecule has 0 spiro atoms. The summed E-state index contributed by atoms with van der Waals surface area (Å²) in [5.74, 6) is -0.108. The molecule has 31 heavy (non-hydrogen) atoms. The van der Waals surface area contributed by atoms with E-state index in [0.29, 0.717) is 17.1 Å². The molecule has 0 saturated heterocycles. The van der Waals surface area contributed by atoms with E-state index in [0.717, 1.165) is 36.9 Å². The van der Waals surface area contributed by atoms with Crippen molar-refractivity contribution in [2.75, 3.05) is 7.05 Å². The minimum atomic E-state index is -2.92. The van der Waals surface area contributed by atoms with E-state index < -0.39 is 18.0 Å². The quantitative estimate of drug-likeness (QED) is 0.758. The maximum Gasteiger partial charge on any atom is 0.387 e. The van der Waals surface area contributed by atoms with E-state index >= 15 is 0 Å². The second kappa shape index (κ2) is 7.98. The maximum absolute atomic E-state index is 14.0. The van der Waals surface area contributed by atoms with Crippen molar-refractivity contribution >= 4 is 19.3 Å². The summed E-state index contributed by atoms with van der Waals surface area (Å²) < 4.78 is 44.2. The lowest BCUT2D eigenvalue weighted by Gasteiger charge is -2.33. The Balaban J connectivity index is 2.00. The highest BCUT2D eigenvalue weighted by molar-refractivity contribution is 6.32. The summed E-state index contributed by atoms with van der Waals surface area (Å²) in [5, 5.41) is 0. The first-order valence-electron chi connectivity index (χ1n) is 10.2. The van der Waals surface area contributed by atoms with E-state index in [9.17, 15) is 13.2 Å². The zero-order valence-corrected chi connectivity index (χ0v) is 17.5. The van der Waals surface area contributed by atoms with Crippen molar-refractivity contribution in [2.45, 2.75) is 44.8 Å². The lowest BCUT2D eigenvalue weighted by atomic mass is 9.76. The van der Waals surface area contributed by atoms with Gasteiger partial charge in [-0.15, -0.1) is 0 Å². The van der Waals surface area contributed by atoms with E-state index in [1.54, 1.807) is 31.2 Å². The topological polar surface area (TPSA) is 50.9 Å². The molecule has 2 aliphatic rings. The Morgan fingerprint density at radius 3 is 2.39 bits per heavy atom. The molecule has 1 aliphatic heterocycles. The van der Waals surface area contributed by atoms with Crippen LogP contribution in [0.5, 0.6) is 5.75 Å². The largest absolute Gasteiger partial charge is 0.435 e. The number of likely N-dealkylation sites (N-methyl/N-ethyl adjacent to an activating group) is 1. The summed E-state index contributed by atoms with van der Waals surface area (Å²) in [6, 6.07) is 9.51. The van der Waals surface area contributed by atoms with Crippen molar-refractivity contribution in [3.63, 3.8) is 0 Å². The van der Waals surface area contributed by atoms with E-state index in [1.165, 1.54) is 17.7 Å². The highest BCUT2D eigenvalue weighted by Gasteiger charge is 2.47. The second-order valence-corrected chi connectivity index (χ2v) is 7.99. The van der Waals surface area contributed by atoms with Crippen LogP contribution in [-0.2, 0) is 5.54 Å². The van der Waals surface area contributed by atoms with Crippen LogP contribution in [0.1, 0.15) is 42.4 Å². The van der Waals surface area contributed by atoms with Gasteiger partial charge in [0, 0.05) is 7.05 Å². The normalized spacial score (nSPS) is 21.2. The molecule has 1 heterocycles. The Morgan fingerprint density at radius 1 is 1.13 bits per heavy atom. The van der Waals surface area contributed by atoms with Gasteiger partial charge in [-0.25, -0.2) is 9.38 Å². The van der Waals surface area contributed by atoms with Crippen LogP contribution in [0.3, 0.4) is 0 Å². The molecular formula is C23H23BF3N3O. The van der Waals surface area contributed by atoms with Crippen molar-refractivity contribution in [1.29, 1.82) is 0 Å². The Kier molecular flexibility index (Phi) is 5.50. The fraction of sp³-hybridized carbons (Fsp3) is 0.348. The van der Waals surface area contributed by atoms with Gasteiger partial charge in [0.15, 0.2) is 11.5 Å². The summed E-state index contributed by atoms with van der Waals surface area (Å²) >= 11 is 0. The van der Waals surface area contributed by atoms with Crippen LogP contribution >= 0.6 is 0 Å². The average Bonchev–Trinajstić information content (AvgIpc) is 3.32. The predicted octanol–water partition coefficient (Wildman–Crippen LogP) is 3.86. The van der Waals surface area contributed by atoms with Crippen LogP contribution in [0.4, 0.5) is 13.2 Å². The van der Waals surface area contributed by atoms with E-state index in [2.05, 4.69) is 4.74 Å². The molecule has 0 bridgehead atoms. The number of alkyl halides is 2. The summed E-state index contributed by atoms with van der Waals surface area (Å²) in [4.78, 5) is 6.73. The van der Waals surface area contributed by atoms with Crippen LogP contribution in [0.15, 0.2) is 52.7 Å². The number of halogens is 3. The number of ether oxygens (including phenoxy) is 1. The van der Waals surface area contributed by atoms with Gasteiger partial charge < -0.3 is 15.4 Å². The van der Waals surface area contributed by atoms with E-state index in [1.807, 2.05) is 11.9 Å². The molecule has 1 saturated carbocycles. The highest BCUT2D eigenvalue weighted by atomic mass is 19.3. The van der Waals surface area contributed by atoms with Crippen molar-refractivity contribution in [3.8, 4) is 5.75 Å². The van der Waals surface area contributed by atoms with Gasteiger partial charge in [0.2, 0.25) is 0 Å². The maximum atomic E-state index is 14.0. The molecule has 2 N–H and O–H groups in total. The number of hydrogen-bond acceptors (Lipinski definition) is 4. The zero-order valence-electron chi connectivity index (χ0n) is 17.5. The third kappa shape index (κ3) is 3.58. The summed E-state index contributed by atoms with van der Waals surface area (Å²) in [6.45, 7) is -1.22. The van der Waals surface area contributed by atoms with E-state index in [4.69, 9.17) is 18.6 Å². The first kappa shape index (κ1) is 21.3. The number of aliphatic imine (C=N–C) groups is 1. The highest BCUT2D eigenvalue weighted by Crippen LogP contribution is 2.49. The van der Waals surface area contributed by atoms with Crippen molar-refractivity contribution in [1.82, 2.24) is 4.90 Å². The van der Waals surface area contributed by atoms with E-state index in [-0.39, 0.29) is 11.2 Å². The lowest BCUT2D eigenvalue weighted by Crippen LogP contribution is -2.34. The van der Waals surface area contributed by atoms with Gasteiger partial charge in [-0.1, -0.05) is 23.7 Å². The molecule has 4 rings (SSSR count). The Labute approximate surface area is 181 Å². The van der Waals surface area contributed by atoms with Gasteiger partial charge in [-0.2, -0.15) is 8.78 Å². The molecule has 2 aromatic rings. The number of rotatable bonds is 4. The smallest absolute Gasteiger partial charge is 0.387 e. The Morgan fingerprint density at radius 2 is 1.77 bits per heavy atom. The van der Waals surface area contributed by atoms with Gasteiger partial charge in [-0.05, 0) is 73.1 Å². The summed E-state index contributed by atoms with van der Waals surface area (Å²) in [6.07, 6.45) is 3.95. The van der Waals surface area contributed by atoms with Gasteiger partial charge in [0.1, 0.15) is 19.4 Å². The third-order valence-electron chi connectivity index (χ3n) is 6.07. The molecule has 0 amide bonds. The fourth-order valence-electron chi connectivity index (χ4n) is 4.63. The van der Waals surface area contributed by atoms with Gasteiger partial charge >= 0.3 is 6.61 Å². The molecule has 1 unspecified atom stereocenters. The van der Waals surface area contributed by atoms with Gasteiger partial charge in [-0.3, -0.25) is 0 Å². The fourth-order valence-corrected chi connectivity index (χ4v) is 4.63. The zero-order chi connectivity index (χ0) is 22.3. The molecular weight excluding hydrogens is 402 g/mol. The van der Waals surface area contributed by atoms with Crippen molar-refractivity contribution < 1.29 is 17.9 Å². The molecule has 0 aromatic heterocycles. The molecule has 2 aromatic carbocycles. The first-order valence-corrected chi connectivity index (χ1v) is 10.2. The number of nitrogens with two attached hydrogens (primary N) is 1. The van der Waals surface area contributed by atoms with Gasteiger partial charge in [0.25, 0.3) is 0 Å². The standard InChI is InChI=1S/C23H23BF3N3O/c1-13-11-15(8-10-19(13)31-21(26)27)23(16-7-9-18(25)17(24)12-16)20(14-5-3-4-6-14)30(2)22(28)29-23/h7-12,21H,3-6H2,1-2H3,(H2,28,29). The molecule has 1 atom stereocenters. The molecule has 160 valence electrons. The number of hydrogen-bond donors (Lipinski definition) is 1. The predicted molar refractivity (Wildman–Crippen MR) is 115 cm³/mol. The first-order chi connectivity index (χ1) is 14.7. The van der Waals surface area contributed by atoms with Crippen LogP contribution in [0, 0.1) is 12.7 Å². The SMILES string of the molecule is [B]c1cc(C2(c3ccc(OC(F)F)c(C)c3)N=C(N)N(C)C2=C2CCCC2)ccc1F. The Hall–Kier alpha value is -2.90. The van der Waals surface area contributed by atoms with Crippen LogP contribution in [0.2, 0.25) is 0 Å². The molecule has 2 radical (unpaired) electrons. The van der Waals surface area contributed by atoms with Crippen LogP contribution < -0.4 is 15.9 Å². The molecule has 1 fully saturated rings. The van der Waals surface area contributed by atoms with Crippen molar-refractivity contribution in [3.05, 3.63) is 70.2 Å². The summed E-state index contributed by atoms with van der Waals surface area (Å²) in [5.41, 5.74) is 9.30. The lowest BCUT2D eigenvalue weighted by molar-refractivity contribution is -0.0503. The van der Waals surface area contributed by atoms with Crippen LogP contribution in [0.25, 0.3) is 0 Å². The minimum absolute atomic E-state index is 0.00495. The Bertz CT molecular complexity index is 1080. The van der Waals surface area contributed by atoms with Gasteiger partial charge in [0.05, 0.1) is 5.70 Å². The minimum Gasteiger partial charge on any atom is -0.435 e. The molecule has 1 aliphatic carbocycles. The molecule has 4 nitrogen and oxygen atoms in total. The number of nitrogens with zero attached hydrogens (tertiary/aromatic N) is 2.